The normalized spacial score (nSPS) is 13.9. The molecule has 1 aliphatic rings. The van der Waals surface area contributed by atoms with Crippen molar-refractivity contribution >= 4 is 40.1 Å². The maximum absolute atomic E-state index is 12.7. The van der Waals surface area contributed by atoms with Crippen LogP contribution in [0.5, 0.6) is 5.75 Å². The van der Waals surface area contributed by atoms with Crippen LogP contribution in [-0.2, 0) is 9.53 Å². The van der Waals surface area contributed by atoms with Gasteiger partial charge in [0.05, 0.1) is 13.2 Å². The number of nitrogens with one attached hydrogen (secondary N) is 1. The van der Waals surface area contributed by atoms with Gasteiger partial charge in [-0.3, -0.25) is 9.59 Å². The smallest absolute Gasteiger partial charge is 0.262 e. The molecule has 1 aliphatic heterocycles. The van der Waals surface area contributed by atoms with E-state index in [-0.39, 0.29) is 18.4 Å². The molecule has 6 nitrogen and oxygen atoms in total. The molecule has 1 fully saturated rings. The summed E-state index contributed by atoms with van der Waals surface area (Å²) in [6, 6.07) is 12.8. The van der Waals surface area contributed by atoms with Crippen LogP contribution in [0.15, 0.2) is 42.5 Å². The van der Waals surface area contributed by atoms with Gasteiger partial charge < -0.3 is 19.7 Å². The lowest BCUT2D eigenvalue weighted by atomic mass is 10.0. The second kappa shape index (κ2) is 9.18. The Balaban J connectivity index is 1.63. The second-order valence-electron chi connectivity index (χ2n) is 6.17. The summed E-state index contributed by atoms with van der Waals surface area (Å²) in [7, 11) is 0. The van der Waals surface area contributed by atoms with E-state index >= 15 is 0 Å². The quantitative estimate of drug-likeness (QED) is 0.669. The van der Waals surface area contributed by atoms with Crippen molar-refractivity contribution in [3.8, 4) is 5.75 Å². The Bertz CT molecular complexity index is 817. The highest BCUT2D eigenvalue weighted by Gasteiger charge is 2.21. The number of hydrogen-bond donors (Lipinski definition) is 1. The molecule has 142 valence electrons. The lowest BCUT2D eigenvalue weighted by Gasteiger charge is -2.27. The zero-order valence-corrected chi connectivity index (χ0v) is 17.2. The van der Waals surface area contributed by atoms with Crippen LogP contribution in [0.4, 0.5) is 5.69 Å². The van der Waals surface area contributed by atoms with Gasteiger partial charge >= 0.3 is 0 Å². The fraction of sp³-hybridized carbons (Fsp3) is 0.300. The Morgan fingerprint density at radius 1 is 1.15 bits per heavy atom. The summed E-state index contributed by atoms with van der Waals surface area (Å²) in [6.07, 6.45) is 0. The molecule has 1 saturated heterocycles. The number of benzene rings is 2. The number of carbonyl (C=O) groups excluding carboxylic acids is 2. The number of anilines is 1. The number of ether oxygens (including phenoxy) is 2. The summed E-state index contributed by atoms with van der Waals surface area (Å²) in [5.74, 6) is 0.327. The zero-order chi connectivity index (χ0) is 19.2. The van der Waals surface area contributed by atoms with Crippen LogP contribution >= 0.6 is 22.6 Å². The highest BCUT2D eigenvalue weighted by atomic mass is 127. The maximum Gasteiger partial charge on any atom is 0.262 e. The standard InChI is InChI=1S/C20H21IN2O4/c1-14-17(20(25)23-9-11-26-12-10-23)3-2-4-18(14)22-19(24)13-27-16-7-5-15(21)6-8-16/h2-8H,9-13H2,1H3,(H,22,24). The third kappa shape index (κ3) is 5.20. The van der Waals surface area contributed by atoms with E-state index in [9.17, 15) is 9.59 Å². The third-order valence-electron chi connectivity index (χ3n) is 4.32. The number of halogens is 1. The van der Waals surface area contributed by atoms with Crippen LogP contribution < -0.4 is 10.1 Å². The fourth-order valence-electron chi connectivity index (χ4n) is 2.81. The Kier molecular flexibility index (Phi) is 6.68. The molecular formula is C20H21IN2O4. The second-order valence-corrected chi connectivity index (χ2v) is 7.42. The van der Waals surface area contributed by atoms with E-state index in [2.05, 4.69) is 27.9 Å². The predicted molar refractivity (Wildman–Crippen MR) is 111 cm³/mol. The number of hydrogen-bond acceptors (Lipinski definition) is 4. The van der Waals surface area contributed by atoms with Crippen molar-refractivity contribution in [3.63, 3.8) is 0 Å². The first-order chi connectivity index (χ1) is 13.0. The van der Waals surface area contributed by atoms with E-state index in [4.69, 9.17) is 9.47 Å². The first kappa shape index (κ1) is 19.6. The predicted octanol–water partition coefficient (Wildman–Crippen LogP) is 3.09. The number of amides is 2. The van der Waals surface area contributed by atoms with Gasteiger partial charge in [0.15, 0.2) is 6.61 Å². The molecule has 0 radical (unpaired) electrons. The van der Waals surface area contributed by atoms with Crippen molar-refractivity contribution in [1.29, 1.82) is 0 Å². The van der Waals surface area contributed by atoms with Gasteiger partial charge in [-0.05, 0) is 71.5 Å². The van der Waals surface area contributed by atoms with Gasteiger partial charge in [-0.1, -0.05) is 6.07 Å². The largest absolute Gasteiger partial charge is 0.484 e. The van der Waals surface area contributed by atoms with Gasteiger partial charge in [0.2, 0.25) is 0 Å². The first-order valence-corrected chi connectivity index (χ1v) is 9.77. The van der Waals surface area contributed by atoms with Gasteiger partial charge in [0.1, 0.15) is 5.75 Å². The minimum atomic E-state index is -0.271. The molecule has 0 atom stereocenters. The van der Waals surface area contributed by atoms with Crippen molar-refractivity contribution < 1.29 is 19.1 Å². The summed E-state index contributed by atoms with van der Waals surface area (Å²) in [6.45, 7) is 4.01. The number of rotatable bonds is 5. The number of morpholine rings is 1. The third-order valence-corrected chi connectivity index (χ3v) is 5.04. The first-order valence-electron chi connectivity index (χ1n) is 8.69. The minimum absolute atomic E-state index is 0.0398. The minimum Gasteiger partial charge on any atom is -0.484 e. The van der Waals surface area contributed by atoms with Crippen molar-refractivity contribution in [2.75, 3.05) is 38.2 Å². The molecule has 0 aliphatic carbocycles. The Hall–Kier alpha value is -2.13. The van der Waals surface area contributed by atoms with Gasteiger partial charge in [0, 0.05) is 27.9 Å². The van der Waals surface area contributed by atoms with Crippen molar-refractivity contribution in [1.82, 2.24) is 4.90 Å². The summed E-state index contributed by atoms with van der Waals surface area (Å²) in [5, 5.41) is 2.83. The monoisotopic (exact) mass is 480 g/mol. The van der Waals surface area contributed by atoms with Crippen molar-refractivity contribution in [2.45, 2.75) is 6.92 Å². The van der Waals surface area contributed by atoms with Crippen molar-refractivity contribution in [3.05, 3.63) is 57.2 Å². The molecule has 1 heterocycles. The molecule has 3 rings (SSSR count). The van der Waals surface area contributed by atoms with E-state index in [1.807, 2.05) is 31.2 Å². The molecule has 0 unspecified atom stereocenters. The Labute approximate surface area is 172 Å². The summed E-state index contributed by atoms with van der Waals surface area (Å²) in [4.78, 5) is 26.7. The van der Waals surface area contributed by atoms with Crippen molar-refractivity contribution in [2.24, 2.45) is 0 Å². The SMILES string of the molecule is Cc1c(NC(=O)COc2ccc(I)cc2)cccc1C(=O)N1CCOCC1. The molecule has 0 aromatic heterocycles. The maximum atomic E-state index is 12.7. The van der Waals surface area contributed by atoms with E-state index in [1.54, 1.807) is 23.1 Å². The van der Waals surface area contributed by atoms with Crippen LogP contribution in [0.1, 0.15) is 15.9 Å². The highest BCUT2D eigenvalue weighted by Crippen LogP contribution is 2.21. The molecule has 2 aromatic carbocycles. The fourth-order valence-corrected chi connectivity index (χ4v) is 3.17. The topological polar surface area (TPSA) is 67.9 Å². The van der Waals surface area contributed by atoms with E-state index in [0.29, 0.717) is 43.3 Å². The average Bonchev–Trinajstić information content (AvgIpc) is 2.69. The highest BCUT2D eigenvalue weighted by molar-refractivity contribution is 14.1. The summed E-state index contributed by atoms with van der Waals surface area (Å²) in [5.41, 5.74) is 1.95. The lowest BCUT2D eigenvalue weighted by molar-refractivity contribution is -0.118. The van der Waals surface area contributed by atoms with Crippen LogP contribution in [0.2, 0.25) is 0 Å². The molecule has 2 aromatic rings. The molecule has 0 bridgehead atoms. The van der Waals surface area contributed by atoms with Gasteiger partial charge in [-0.15, -0.1) is 0 Å². The van der Waals surface area contributed by atoms with E-state index in [0.717, 1.165) is 9.13 Å². The zero-order valence-electron chi connectivity index (χ0n) is 15.0. The van der Waals surface area contributed by atoms with Gasteiger partial charge in [0.25, 0.3) is 11.8 Å². The summed E-state index contributed by atoms with van der Waals surface area (Å²) >= 11 is 2.21. The van der Waals surface area contributed by atoms with E-state index in [1.165, 1.54) is 0 Å². The molecule has 0 saturated carbocycles. The Morgan fingerprint density at radius 2 is 1.85 bits per heavy atom. The van der Waals surface area contributed by atoms with Crippen LogP contribution in [0.3, 0.4) is 0 Å². The number of carbonyl (C=O) groups is 2. The van der Waals surface area contributed by atoms with Gasteiger partial charge in [-0.2, -0.15) is 0 Å². The molecule has 0 spiro atoms. The molecule has 1 N–H and O–H groups in total. The van der Waals surface area contributed by atoms with Gasteiger partial charge in [-0.25, -0.2) is 0 Å². The number of nitrogens with zero attached hydrogens (tertiary/aromatic N) is 1. The van der Waals surface area contributed by atoms with Crippen LogP contribution in [0.25, 0.3) is 0 Å². The van der Waals surface area contributed by atoms with E-state index < -0.39 is 0 Å². The van der Waals surface area contributed by atoms with Crippen LogP contribution in [0, 0.1) is 10.5 Å². The van der Waals surface area contributed by atoms with Crippen LogP contribution in [-0.4, -0.2) is 49.6 Å². The molecular weight excluding hydrogens is 459 g/mol. The average molecular weight is 480 g/mol. The molecule has 27 heavy (non-hydrogen) atoms. The lowest BCUT2D eigenvalue weighted by Crippen LogP contribution is -2.41. The Morgan fingerprint density at radius 3 is 2.56 bits per heavy atom. The molecule has 2 amide bonds. The molecule has 7 heteroatoms. The summed E-state index contributed by atoms with van der Waals surface area (Å²) < 4.78 is 11.9.